The molecule has 0 saturated heterocycles. The van der Waals surface area contributed by atoms with E-state index < -0.39 is 30.0 Å². The number of halogens is 6. The highest BCUT2D eigenvalue weighted by molar-refractivity contribution is 6.42. The van der Waals surface area contributed by atoms with Gasteiger partial charge in [-0.1, -0.05) is 23.2 Å². The lowest BCUT2D eigenvalue weighted by molar-refractivity contribution is -0.0718. The van der Waals surface area contributed by atoms with Crippen LogP contribution >= 0.6 is 35.6 Å². The molecular formula is C9H9Cl3F3NO. The molecule has 0 fully saturated rings. The van der Waals surface area contributed by atoms with Gasteiger partial charge < -0.3 is 10.8 Å². The molecule has 0 aliphatic carbocycles. The Morgan fingerprint density at radius 2 is 1.88 bits per heavy atom. The standard InChI is InChI=1S/C9H8Cl2F3NO.ClH/c10-4-1-2-5(12)6(7(4)11)8(15)9(13,14)3-16;/h1-2,8,16H,3,15H2;1H/t8-;/m1./s1. The SMILES string of the molecule is Cl.N[C@H](c1c(F)ccc(Cl)c1Cl)C(F)(F)CO. The van der Waals surface area contributed by atoms with E-state index in [1.807, 2.05) is 0 Å². The predicted molar refractivity (Wildman–Crippen MR) is 62.6 cm³/mol. The molecule has 1 aromatic carbocycles. The van der Waals surface area contributed by atoms with E-state index in [-0.39, 0.29) is 22.5 Å². The summed E-state index contributed by atoms with van der Waals surface area (Å²) in [6, 6.07) is -0.0349. The summed E-state index contributed by atoms with van der Waals surface area (Å²) in [7, 11) is 0. The van der Waals surface area contributed by atoms with Crippen molar-refractivity contribution >= 4 is 35.6 Å². The third-order valence-corrected chi connectivity index (χ3v) is 2.88. The molecule has 1 atom stereocenters. The minimum Gasteiger partial charge on any atom is -0.390 e. The van der Waals surface area contributed by atoms with Crippen molar-refractivity contribution in [3.05, 3.63) is 33.6 Å². The van der Waals surface area contributed by atoms with Crippen molar-refractivity contribution in [1.29, 1.82) is 0 Å². The van der Waals surface area contributed by atoms with E-state index in [0.717, 1.165) is 12.1 Å². The Kier molecular flexibility index (Phi) is 6.04. The third-order valence-electron chi connectivity index (χ3n) is 2.06. The molecule has 1 rings (SSSR count). The number of rotatable bonds is 3. The summed E-state index contributed by atoms with van der Waals surface area (Å²) in [4.78, 5) is 0. The van der Waals surface area contributed by atoms with Crippen LogP contribution in [-0.4, -0.2) is 17.6 Å². The number of nitrogens with two attached hydrogens (primary N) is 1. The fourth-order valence-electron chi connectivity index (χ4n) is 1.14. The van der Waals surface area contributed by atoms with Crippen LogP contribution in [0.4, 0.5) is 13.2 Å². The van der Waals surface area contributed by atoms with Gasteiger partial charge in [0.05, 0.1) is 10.0 Å². The lowest BCUT2D eigenvalue weighted by atomic mass is 10.0. The second-order valence-corrected chi connectivity index (χ2v) is 3.94. The van der Waals surface area contributed by atoms with Crippen LogP contribution in [0.3, 0.4) is 0 Å². The van der Waals surface area contributed by atoms with E-state index >= 15 is 0 Å². The monoisotopic (exact) mass is 309 g/mol. The van der Waals surface area contributed by atoms with Gasteiger partial charge in [0.2, 0.25) is 0 Å². The second kappa shape index (κ2) is 6.11. The number of aliphatic hydroxyl groups excluding tert-OH is 1. The van der Waals surface area contributed by atoms with Crippen LogP contribution in [0.25, 0.3) is 0 Å². The predicted octanol–water partition coefficient (Wildman–Crippen LogP) is 3.18. The van der Waals surface area contributed by atoms with Crippen molar-refractivity contribution in [2.24, 2.45) is 5.73 Å². The molecule has 0 spiro atoms. The highest BCUT2D eigenvalue weighted by Crippen LogP contribution is 2.37. The molecule has 17 heavy (non-hydrogen) atoms. The first-order valence-electron chi connectivity index (χ1n) is 4.19. The van der Waals surface area contributed by atoms with Gasteiger partial charge in [0.1, 0.15) is 18.5 Å². The topological polar surface area (TPSA) is 46.2 Å². The first-order valence-corrected chi connectivity index (χ1v) is 4.94. The molecule has 0 radical (unpaired) electrons. The molecule has 3 N–H and O–H groups in total. The molecule has 0 aliphatic heterocycles. The number of aliphatic hydroxyl groups is 1. The number of benzene rings is 1. The summed E-state index contributed by atoms with van der Waals surface area (Å²) in [6.45, 7) is -1.50. The van der Waals surface area contributed by atoms with Gasteiger partial charge in [-0.2, -0.15) is 0 Å². The Morgan fingerprint density at radius 3 is 2.35 bits per heavy atom. The van der Waals surface area contributed by atoms with Crippen LogP contribution in [-0.2, 0) is 0 Å². The fraction of sp³-hybridized carbons (Fsp3) is 0.333. The Labute approximate surface area is 112 Å². The molecule has 0 aromatic heterocycles. The fourth-order valence-corrected chi connectivity index (χ4v) is 1.57. The van der Waals surface area contributed by atoms with Crippen LogP contribution in [0.5, 0.6) is 0 Å². The smallest absolute Gasteiger partial charge is 0.289 e. The maximum atomic E-state index is 13.3. The number of hydrogen-bond acceptors (Lipinski definition) is 2. The average molecular weight is 311 g/mol. The Morgan fingerprint density at radius 1 is 1.35 bits per heavy atom. The quantitative estimate of drug-likeness (QED) is 0.842. The molecule has 0 heterocycles. The molecule has 0 saturated carbocycles. The van der Waals surface area contributed by atoms with Gasteiger partial charge in [0, 0.05) is 5.56 Å². The summed E-state index contributed by atoms with van der Waals surface area (Å²) >= 11 is 11.2. The second-order valence-electron chi connectivity index (χ2n) is 3.15. The van der Waals surface area contributed by atoms with Gasteiger partial charge in [-0.3, -0.25) is 0 Å². The van der Waals surface area contributed by atoms with Crippen molar-refractivity contribution in [2.45, 2.75) is 12.0 Å². The van der Waals surface area contributed by atoms with Crippen LogP contribution < -0.4 is 5.73 Å². The minimum absolute atomic E-state index is 0. The summed E-state index contributed by atoms with van der Waals surface area (Å²) in [6.07, 6.45) is 0. The van der Waals surface area contributed by atoms with Gasteiger partial charge in [-0.25, -0.2) is 13.2 Å². The maximum absolute atomic E-state index is 13.3. The average Bonchev–Trinajstić information content (AvgIpc) is 2.24. The van der Waals surface area contributed by atoms with E-state index in [1.165, 1.54) is 0 Å². The molecule has 0 aliphatic rings. The van der Waals surface area contributed by atoms with Crippen LogP contribution in [0.1, 0.15) is 11.6 Å². The lowest BCUT2D eigenvalue weighted by Crippen LogP contribution is -2.37. The maximum Gasteiger partial charge on any atom is 0.289 e. The Bertz CT molecular complexity index is 403. The number of hydrogen-bond donors (Lipinski definition) is 2. The Balaban J connectivity index is 0.00000256. The van der Waals surface area contributed by atoms with Gasteiger partial charge in [-0.05, 0) is 12.1 Å². The third kappa shape index (κ3) is 3.39. The minimum atomic E-state index is -3.67. The van der Waals surface area contributed by atoms with Crippen molar-refractivity contribution in [1.82, 2.24) is 0 Å². The molecule has 0 unspecified atom stereocenters. The van der Waals surface area contributed by atoms with Crippen LogP contribution in [0.2, 0.25) is 10.0 Å². The van der Waals surface area contributed by atoms with Crippen molar-refractivity contribution in [3.63, 3.8) is 0 Å². The highest BCUT2D eigenvalue weighted by Gasteiger charge is 2.40. The zero-order chi connectivity index (χ0) is 12.5. The molecule has 0 bridgehead atoms. The van der Waals surface area contributed by atoms with E-state index in [4.69, 9.17) is 34.0 Å². The van der Waals surface area contributed by atoms with Gasteiger partial charge in [0.25, 0.3) is 5.92 Å². The highest BCUT2D eigenvalue weighted by atomic mass is 35.5. The zero-order valence-electron chi connectivity index (χ0n) is 8.26. The molecule has 0 amide bonds. The largest absolute Gasteiger partial charge is 0.390 e. The van der Waals surface area contributed by atoms with Crippen LogP contribution in [0, 0.1) is 5.82 Å². The van der Waals surface area contributed by atoms with Crippen LogP contribution in [0.15, 0.2) is 12.1 Å². The zero-order valence-corrected chi connectivity index (χ0v) is 10.6. The van der Waals surface area contributed by atoms with Crippen molar-refractivity contribution in [3.8, 4) is 0 Å². The summed E-state index contributed by atoms with van der Waals surface area (Å²) in [5.74, 6) is -4.66. The summed E-state index contributed by atoms with van der Waals surface area (Å²) in [5.41, 5.74) is 4.56. The first-order chi connectivity index (χ1) is 7.31. The summed E-state index contributed by atoms with van der Waals surface area (Å²) in [5, 5.41) is 7.99. The Hall–Kier alpha value is -0.200. The number of alkyl halides is 2. The molecule has 8 heteroatoms. The van der Waals surface area contributed by atoms with Crippen molar-refractivity contribution in [2.75, 3.05) is 6.61 Å². The molecule has 2 nitrogen and oxygen atoms in total. The van der Waals surface area contributed by atoms with Gasteiger partial charge in [0.15, 0.2) is 0 Å². The van der Waals surface area contributed by atoms with Gasteiger partial charge in [-0.15, -0.1) is 12.4 Å². The summed E-state index contributed by atoms with van der Waals surface area (Å²) < 4.78 is 39.5. The van der Waals surface area contributed by atoms with Crippen molar-refractivity contribution < 1.29 is 18.3 Å². The van der Waals surface area contributed by atoms with E-state index in [1.54, 1.807) is 0 Å². The molecule has 1 aromatic rings. The lowest BCUT2D eigenvalue weighted by Gasteiger charge is -2.23. The van der Waals surface area contributed by atoms with E-state index in [2.05, 4.69) is 0 Å². The normalized spacial score (nSPS) is 13.1. The van der Waals surface area contributed by atoms with E-state index in [9.17, 15) is 13.2 Å². The first kappa shape index (κ1) is 16.8. The molecule has 98 valence electrons. The van der Waals surface area contributed by atoms with Gasteiger partial charge >= 0.3 is 0 Å². The molecular weight excluding hydrogens is 301 g/mol. The van der Waals surface area contributed by atoms with E-state index in [0.29, 0.717) is 0 Å².